The number of hydrogen-bond acceptors (Lipinski definition) is 5. The highest BCUT2D eigenvalue weighted by Crippen LogP contribution is 2.30. The van der Waals surface area contributed by atoms with Crippen LogP contribution in [0.5, 0.6) is 0 Å². The molecule has 1 saturated heterocycles. The first-order valence-corrected chi connectivity index (χ1v) is 12.2. The lowest BCUT2D eigenvalue weighted by Gasteiger charge is -2.31. The summed E-state index contributed by atoms with van der Waals surface area (Å²) in [5.74, 6) is -0.215. The summed E-state index contributed by atoms with van der Waals surface area (Å²) in [7, 11) is -3.81. The predicted octanol–water partition coefficient (Wildman–Crippen LogP) is 3.04. The Bertz CT molecular complexity index is 1050. The second-order valence-electron chi connectivity index (χ2n) is 8.10. The Morgan fingerprint density at radius 2 is 1.81 bits per heavy atom. The number of sulfonamides is 1. The Morgan fingerprint density at radius 3 is 2.45 bits per heavy atom. The van der Waals surface area contributed by atoms with Gasteiger partial charge in [0.05, 0.1) is 16.3 Å². The molecule has 1 aliphatic rings. The van der Waals surface area contributed by atoms with E-state index in [1.807, 2.05) is 33.8 Å². The fraction of sp³-hybridized carbons (Fsp3) is 0.435. The third-order valence-corrected chi connectivity index (χ3v) is 7.10. The maximum Gasteiger partial charge on any atom is 0.261 e. The quantitative estimate of drug-likeness (QED) is 0.611. The molecule has 1 fully saturated rings. The molecule has 0 radical (unpaired) electrons. The molecule has 0 spiro atoms. The molecule has 2 aromatic rings. The van der Waals surface area contributed by atoms with Crippen molar-refractivity contribution in [2.45, 2.75) is 45.1 Å². The minimum atomic E-state index is -3.81. The molecule has 0 aliphatic carbocycles. The lowest BCUT2D eigenvalue weighted by atomic mass is 10.1. The molecular weight excluding hydrogens is 412 g/mol. The van der Waals surface area contributed by atoms with Crippen molar-refractivity contribution < 1.29 is 13.2 Å². The van der Waals surface area contributed by atoms with E-state index in [4.69, 9.17) is 0 Å². The fourth-order valence-corrected chi connectivity index (χ4v) is 4.58. The largest absolute Gasteiger partial charge is 0.367 e. The zero-order chi connectivity index (χ0) is 22.6. The first kappa shape index (κ1) is 23.1. The molecule has 0 saturated carbocycles. The van der Waals surface area contributed by atoms with Crippen molar-refractivity contribution in [3.63, 3.8) is 0 Å². The summed E-state index contributed by atoms with van der Waals surface area (Å²) >= 11 is 0. The van der Waals surface area contributed by atoms with Crippen LogP contribution in [0.4, 0.5) is 11.4 Å². The van der Waals surface area contributed by atoms with Crippen molar-refractivity contribution >= 4 is 27.3 Å². The van der Waals surface area contributed by atoms with E-state index in [1.54, 1.807) is 30.3 Å². The van der Waals surface area contributed by atoms with E-state index in [9.17, 15) is 13.2 Å². The van der Waals surface area contributed by atoms with Gasteiger partial charge in [-0.05, 0) is 68.7 Å². The number of benzene rings is 2. The minimum absolute atomic E-state index is 0.0380. The number of aryl methyl sites for hydroxylation is 2. The van der Waals surface area contributed by atoms with Crippen molar-refractivity contribution in [3.05, 3.63) is 53.1 Å². The van der Waals surface area contributed by atoms with Crippen LogP contribution in [0.2, 0.25) is 0 Å². The average Bonchev–Trinajstić information content (AvgIpc) is 2.75. The van der Waals surface area contributed by atoms with E-state index < -0.39 is 10.0 Å². The summed E-state index contributed by atoms with van der Waals surface area (Å²) in [6, 6.07) is 10.3. The van der Waals surface area contributed by atoms with Crippen LogP contribution >= 0.6 is 0 Å². The second-order valence-corrected chi connectivity index (χ2v) is 9.79. The number of hydrogen-bond donors (Lipinski definition) is 3. The highest BCUT2D eigenvalue weighted by molar-refractivity contribution is 7.92. The summed E-state index contributed by atoms with van der Waals surface area (Å²) in [4.78, 5) is 15.0. The van der Waals surface area contributed by atoms with Crippen molar-refractivity contribution in [2.24, 2.45) is 0 Å². The van der Waals surface area contributed by atoms with Crippen LogP contribution in [-0.2, 0) is 10.0 Å². The number of nitrogens with zero attached hydrogens (tertiary/aromatic N) is 1. The van der Waals surface area contributed by atoms with E-state index in [-0.39, 0.29) is 16.8 Å². The Morgan fingerprint density at radius 1 is 1.10 bits per heavy atom. The van der Waals surface area contributed by atoms with E-state index in [1.165, 1.54) is 0 Å². The van der Waals surface area contributed by atoms with Gasteiger partial charge in [0.25, 0.3) is 15.9 Å². The minimum Gasteiger partial charge on any atom is -0.367 e. The van der Waals surface area contributed by atoms with Gasteiger partial charge in [-0.15, -0.1) is 0 Å². The number of carbonyl (C=O) groups excluding carboxylic acids is 1. The molecular formula is C23H32N4O3S. The first-order valence-electron chi connectivity index (χ1n) is 10.7. The second kappa shape index (κ2) is 9.70. The van der Waals surface area contributed by atoms with Gasteiger partial charge in [0.1, 0.15) is 0 Å². The summed E-state index contributed by atoms with van der Waals surface area (Å²) in [6.07, 6.45) is 0.816. The molecule has 8 heteroatoms. The van der Waals surface area contributed by atoms with Crippen LogP contribution in [0.1, 0.15) is 41.8 Å². The SMILES string of the molecule is CC[C@H](C)NC(=O)c1ccc(N2CCNCC2)c(NS(=O)(=O)c2ccc(C)c(C)c2)c1. The van der Waals surface area contributed by atoms with Crippen LogP contribution in [0.3, 0.4) is 0 Å². The predicted molar refractivity (Wildman–Crippen MR) is 125 cm³/mol. The summed E-state index contributed by atoms with van der Waals surface area (Å²) < 4.78 is 29.1. The van der Waals surface area contributed by atoms with Crippen molar-refractivity contribution in [2.75, 3.05) is 35.8 Å². The maximum absolute atomic E-state index is 13.2. The normalized spacial score (nSPS) is 15.4. The number of carbonyl (C=O) groups is 1. The van der Waals surface area contributed by atoms with E-state index in [2.05, 4.69) is 20.3 Å². The third kappa shape index (κ3) is 5.57. The molecule has 7 nitrogen and oxygen atoms in total. The number of nitrogens with one attached hydrogen (secondary N) is 3. The molecule has 1 aliphatic heterocycles. The molecule has 0 unspecified atom stereocenters. The average molecular weight is 445 g/mol. The molecule has 3 N–H and O–H groups in total. The lowest BCUT2D eigenvalue weighted by molar-refractivity contribution is 0.0939. The maximum atomic E-state index is 13.2. The van der Waals surface area contributed by atoms with Crippen molar-refractivity contribution in [1.29, 1.82) is 0 Å². The van der Waals surface area contributed by atoms with Crippen LogP contribution in [0.15, 0.2) is 41.3 Å². The Balaban J connectivity index is 1.98. The monoisotopic (exact) mass is 444 g/mol. The number of rotatable bonds is 7. The summed E-state index contributed by atoms with van der Waals surface area (Å²) in [5.41, 5.74) is 3.55. The smallest absolute Gasteiger partial charge is 0.261 e. The van der Waals surface area contributed by atoms with Gasteiger partial charge in [0.2, 0.25) is 0 Å². The van der Waals surface area contributed by atoms with Crippen LogP contribution in [0.25, 0.3) is 0 Å². The highest BCUT2D eigenvalue weighted by Gasteiger charge is 2.22. The van der Waals surface area contributed by atoms with Gasteiger partial charge >= 0.3 is 0 Å². The van der Waals surface area contributed by atoms with Gasteiger partial charge in [-0.3, -0.25) is 9.52 Å². The molecule has 0 bridgehead atoms. The van der Waals surface area contributed by atoms with Gasteiger partial charge in [0, 0.05) is 37.8 Å². The van der Waals surface area contributed by atoms with E-state index in [0.717, 1.165) is 49.4 Å². The van der Waals surface area contributed by atoms with Crippen LogP contribution < -0.4 is 20.3 Å². The molecule has 0 aromatic heterocycles. The van der Waals surface area contributed by atoms with E-state index >= 15 is 0 Å². The first-order chi connectivity index (χ1) is 14.7. The molecule has 2 aromatic carbocycles. The molecule has 1 heterocycles. The van der Waals surface area contributed by atoms with Crippen LogP contribution in [-0.4, -0.2) is 46.5 Å². The number of amides is 1. The Kier molecular flexibility index (Phi) is 7.23. The third-order valence-electron chi connectivity index (χ3n) is 5.74. The fourth-order valence-electron chi connectivity index (χ4n) is 3.43. The summed E-state index contributed by atoms with van der Waals surface area (Å²) in [5, 5.41) is 6.24. The number of piperazine rings is 1. The van der Waals surface area contributed by atoms with Gasteiger partial charge in [-0.1, -0.05) is 13.0 Å². The molecule has 3 rings (SSSR count). The van der Waals surface area contributed by atoms with Crippen molar-refractivity contribution in [1.82, 2.24) is 10.6 Å². The zero-order valence-electron chi connectivity index (χ0n) is 18.7. The molecule has 168 valence electrons. The lowest BCUT2D eigenvalue weighted by Crippen LogP contribution is -2.43. The van der Waals surface area contributed by atoms with Gasteiger partial charge in [-0.2, -0.15) is 0 Å². The Hall–Kier alpha value is -2.58. The number of anilines is 2. The van der Waals surface area contributed by atoms with Crippen LogP contribution in [0, 0.1) is 13.8 Å². The van der Waals surface area contributed by atoms with Gasteiger partial charge in [0.15, 0.2) is 0 Å². The van der Waals surface area contributed by atoms with Gasteiger partial charge < -0.3 is 15.5 Å². The topological polar surface area (TPSA) is 90.5 Å². The molecule has 31 heavy (non-hydrogen) atoms. The zero-order valence-corrected chi connectivity index (χ0v) is 19.5. The summed E-state index contributed by atoms with van der Waals surface area (Å²) in [6.45, 7) is 10.9. The standard InChI is InChI=1S/C23H32N4O3S/c1-5-18(4)25-23(28)19-7-9-22(27-12-10-24-11-13-27)21(15-19)26-31(29,30)20-8-6-16(2)17(3)14-20/h6-9,14-15,18,24,26H,5,10-13H2,1-4H3,(H,25,28)/t18-/m0/s1. The molecule has 1 atom stereocenters. The Labute approximate surface area is 185 Å². The highest BCUT2D eigenvalue weighted by atomic mass is 32.2. The molecule has 1 amide bonds. The van der Waals surface area contributed by atoms with Crippen molar-refractivity contribution in [3.8, 4) is 0 Å². The van der Waals surface area contributed by atoms with Gasteiger partial charge in [-0.25, -0.2) is 8.42 Å². The van der Waals surface area contributed by atoms with E-state index in [0.29, 0.717) is 11.3 Å².